The lowest BCUT2D eigenvalue weighted by Crippen LogP contribution is -2.60. The largest absolute Gasteiger partial charge is 0.332 e. The van der Waals surface area contributed by atoms with Gasteiger partial charge in [0.05, 0.1) is 4.92 Å². The number of non-ortho nitro benzene ring substituents is 1. The van der Waals surface area contributed by atoms with Gasteiger partial charge in [0.2, 0.25) is 3.79 Å². The number of nitro benzene ring substituents is 1. The zero-order valence-corrected chi connectivity index (χ0v) is 18.5. The Morgan fingerprint density at radius 3 is 2.61 bits per heavy atom. The maximum atomic E-state index is 12.8. The van der Waals surface area contributed by atoms with E-state index in [2.05, 4.69) is 5.32 Å². The van der Waals surface area contributed by atoms with Crippen molar-refractivity contribution in [3.63, 3.8) is 0 Å². The number of alkyl halides is 3. The Hall–Kier alpha value is -2.13. The van der Waals surface area contributed by atoms with Crippen LogP contribution in [-0.2, 0) is 6.54 Å². The second-order valence-electron chi connectivity index (χ2n) is 7.88. The number of halogens is 3. The highest BCUT2D eigenvalue weighted by Crippen LogP contribution is 2.40. The molecule has 1 fully saturated rings. The molecule has 11 heteroatoms. The molecule has 31 heavy (non-hydrogen) atoms. The van der Waals surface area contributed by atoms with E-state index in [0.717, 1.165) is 12.1 Å². The van der Waals surface area contributed by atoms with Crippen LogP contribution in [0.2, 0.25) is 0 Å². The van der Waals surface area contributed by atoms with Gasteiger partial charge in [-0.15, -0.1) is 0 Å². The van der Waals surface area contributed by atoms with Crippen LogP contribution in [0.5, 0.6) is 0 Å². The van der Waals surface area contributed by atoms with E-state index >= 15 is 0 Å². The summed E-state index contributed by atoms with van der Waals surface area (Å²) < 4.78 is -0.0411. The average molecular weight is 486 g/mol. The highest BCUT2D eigenvalue weighted by Gasteiger charge is 2.44. The number of piperidine rings is 1. The summed E-state index contributed by atoms with van der Waals surface area (Å²) in [4.78, 5) is 37.4. The molecule has 1 saturated heterocycles. The molecule has 4 rings (SSSR count). The number of carbonyl (C=O) groups excluding carboxylic acids is 1. The van der Waals surface area contributed by atoms with Gasteiger partial charge in [-0.25, -0.2) is 0 Å². The van der Waals surface area contributed by atoms with E-state index in [9.17, 15) is 19.7 Å². The fourth-order valence-corrected chi connectivity index (χ4v) is 5.07. The molecule has 1 N–H and O–H groups in total. The van der Waals surface area contributed by atoms with Gasteiger partial charge in [0.1, 0.15) is 6.17 Å². The predicted molar refractivity (Wildman–Crippen MR) is 118 cm³/mol. The molecule has 8 nitrogen and oxygen atoms in total. The van der Waals surface area contributed by atoms with Gasteiger partial charge < -0.3 is 9.88 Å². The number of benzene rings is 1. The number of amides is 1. The second kappa shape index (κ2) is 8.43. The molecule has 0 saturated carbocycles. The summed E-state index contributed by atoms with van der Waals surface area (Å²) in [6, 6.07) is 10.6. The molecule has 0 radical (unpaired) electrons. The van der Waals surface area contributed by atoms with Gasteiger partial charge in [-0.1, -0.05) is 46.9 Å². The number of likely N-dealkylation sites (tertiary alicyclic amines) is 1. The van der Waals surface area contributed by atoms with Crippen LogP contribution in [0.4, 0.5) is 5.69 Å². The van der Waals surface area contributed by atoms with Crippen molar-refractivity contribution >= 4 is 46.4 Å². The van der Waals surface area contributed by atoms with E-state index in [-0.39, 0.29) is 28.6 Å². The zero-order valence-electron chi connectivity index (χ0n) is 16.2. The second-order valence-corrected chi connectivity index (χ2v) is 10.2. The van der Waals surface area contributed by atoms with Crippen molar-refractivity contribution in [1.29, 1.82) is 0 Å². The van der Waals surface area contributed by atoms with Crippen molar-refractivity contribution in [2.75, 3.05) is 13.1 Å². The first-order valence-corrected chi connectivity index (χ1v) is 10.8. The first-order valence-electron chi connectivity index (χ1n) is 9.69. The molecule has 1 aromatic heterocycles. The molecule has 0 aliphatic carbocycles. The topological polar surface area (TPSA) is 97.5 Å². The Morgan fingerprint density at radius 2 is 1.90 bits per heavy atom. The lowest BCUT2D eigenvalue weighted by atomic mass is 9.83. The first kappa shape index (κ1) is 22.1. The number of nitro groups is 1. The summed E-state index contributed by atoms with van der Waals surface area (Å²) in [5, 5.41) is 13.8. The molecule has 1 aromatic carbocycles. The minimum absolute atomic E-state index is 0.0300. The smallest absolute Gasteiger partial charge is 0.270 e. The van der Waals surface area contributed by atoms with Crippen LogP contribution in [0, 0.1) is 16.0 Å². The number of fused-ring (bicyclic) bond motifs is 4. The number of carbonyl (C=O) groups is 1. The lowest BCUT2D eigenvalue weighted by Gasteiger charge is -2.47. The van der Waals surface area contributed by atoms with Crippen LogP contribution < -0.4 is 10.9 Å². The number of hydrogen-bond donors (Lipinski definition) is 1. The summed E-state index contributed by atoms with van der Waals surface area (Å²) in [5.41, 5.74) is 0.800. The summed E-state index contributed by atoms with van der Waals surface area (Å²) in [6.45, 7) is 1.59. The average Bonchev–Trinajstić information content (AvgIpc) is 2.71. The lowest BCUT2D eigenvalue weighted by molar-refractivity contribution is -0.384. The van der Waals surface area contributed by atoms with Crippen molar-refractivity contribution in [2.24, 2.45) is 5.92 Å². The normalized spacial score (nSPS) is 21.8. The molecular weight excluding hydrogens is 467 g/mol. The van der Waals surface area contributed by atoms with Crippen LogP contribution in [0.15, 0.2) is 47.3 Å². The maximum Gasteiger partial charge on any atom is 0.270 e. The van der Waals surface area contributed by atoms with E-state index in [0.29, 0.717) is 19.6 Å². The third-order valence-corrected chi connectivity index (χ3v) is 6.39. The summed E-state index contributed by atoms with van der Waals surface area (Å²) in [5.74, 6) is -0.353. The molecule has 0 spiro atoms. The SMILES string of the molecule is O=C(NC(N1C[C@@H]2C[C@@H](C1)c1cccc(=O)n1C2)C(Cl)(Cl)Cl)c1cccc([N+](=O)[O-])c1. The number of hydrogen-bond acceptors (Lipinski definition) is 5. The Kier molecular flexibility index (Phi) is 6.00. The van der Waals surface area contributed by atoms with Crippen LogP contribution >= 0.6 is 34.8 Å². The quantitative estimate of drug-likeness (QED) is 0.407. The van der Waals surface area contributed by atoms with E-state index in [4.69, 9.17) is 34.8 Å². The van der Waals surface area contributed by atoms with Gasteiger partial charge in [-0.2, -0.15) is 0 Å². The molecule has 1 amide bonds. The molecule has 164 valence electrons. The third-order valence-electron chi connectivity index (χ3n) is 5.77. The highest BCUT2D eigenvalue weighted by molar-refractivity contribution is 6.68. The Labute approximate surface area is 192 Å². The Bertz CT molecular complexity index is 1080. The zero-order chi connectivity index (χ0) is 22.3. The number of nitrogens with one attached hydrogen (secondary N) is 1. The standard InChI is InChI=1S/C20H19Cl3N4O4/c21-20(22,23)19(24-18(29)13-3-1-4-15(8-13)27(30)31)25-9-12-7-14(11-25)16-5-2-6-17(28)26(16)10-12/h1-6,8,12,14,19H,7,9-11H2,(H,24,29)/t12-,14-,19?/m0/s1. The van der Waals surface area contributed by atoms with Crippen molar-refractivity contribution in [1.82, 2.24) is 14.8 Å². The summed E-state index contributed by atoms with van der Waals surface area (Å²) >= 11 is 18.7. The van der Waals surface area contributed by atoms with Crippen LogP contribution in [0.1, 0.15) is 28.4 Å². The van der Waals surface area contributed by atoms with Crippen molar-refractivity contribution in [3.05, 3.63) is 74.2 Å². The van der Waals surface area contributed by atoms with Crippen molar-refractivity contribution in [2.45, 2.75) is 28.8 Å². The van der Waals surface area contributed by atoms with E-state index in [1.807, 2.05) is 11.0 Å². The fraction of sp³-hybridized carbons (Fsp3) is 0.400. The Morgan fingerprint density at radius 1 is 1.16 bits per heavy atom. The van der Waals surface area contributed by atoms with Crippen molar-refractivity contribution < 1.29 is 9.72 Å². The van der Waals surface area contributed by atoms with Gasteiger partial charge in [0, 0.05) is 55.0 Å². The number of pyridine rings is 1. The van der Waals surface area contributed by atoms with E-state index in [1.165, 1.54) is 24.3 Å². The molecule has 2 aromatic rings. The molecule has 1 unspecified atom stereocenters. The molecular formula is C20H19Cl3N4O4. The van der Waals surface area contributed by atoms with Gasteiger partial charge >= 0.3 is 0 Å². The number of nitrogens with zero attached hydrogens (tertiary/aromatic N) is 3. The number of aromatic nitrogens is 1. The highest BCUT2D eigenvalue weighted by atomic mass is 35.6. The van der Waals surface area contributed by atoms with Crippen LogP contribution in [0.25, 0.3) is 0 Å². The molecule has 3 atom stereocenters. The minimum atomic E-state index is -1.83. The Balaban J connectivity index is 1.58. The molecule has 2 aliphatic rings. The van der Waals surface area contributed by atoms with Gasteiger partial charge in [-0.3, -0.25) is 24.6 Å². The fourth-order valence-electron chi connectivity index (χ4n) is 4.49. The van der Waals surface area contributed by atoms with Crippen LogP contribution in [-0.4, -0.2) is 43.3 Å². The minimum Gasteiger partial charge on any atom is -0.332 e. The summed E-state index contributed by atoms with van der Waals surface area (Å²) in [7, 11) is 0. The van der Waals surface area contributed by atoms with Gasteiger partial charge in [0.15, 0.2) is 0 Å². The predicted octanol–water partition coefficient (Wildman–Crippen LogP) is 3.30. The van der Waals surface area contributed by atoms with Gasteiger partial charge in [-0.05, 0) is 24.5 Å². The van der Waals surface area contributed by atoms with Crippen molar-refractivity contribution in [3.8, 4) is 0 Å². The number of rotatable bonds is 4. The van der Waals surface area contributed by atoms with E-state index < -0.39 is 20.8 Å². The van der Waals surface area contributed by atoms with Gasteiger partial charge in [0.25, 0.3) is 17.2 Å². The summed E-state index contributed by atoms with van der Waals surface area (Å²) in [6.07, 6.45) is -0.0396. The van der Waals surface area contributed by atoms with Crippen LogP contribution in [0.3, 0.4) is 0 Å². The molecule has 2 aliphatic heterocycles. The van der Waals surface area contributed by atoms with E-state index in [1.54, 1.807) is 16.7 Å². The third kappa shape index (κ3) is 4.57. The molecule has 3 heterocycles. The molecule has 2 bridgehead atoms. The monoisotopic (exact) mass is 484 g/mol. The maximum absolute atomic E-state index is 12.8. The first-order chi connectivity index (χ1) is 14.6.